The van der Waals surface area contributed by atoms with Crippen LogP contribution in [0.15, 0.2) is 34.5 Å². The minimum Gasteiger partial charge on any atom is -0.301 e. The van der Waals surface area contributed by atoms with Gasteiger partial charge < -0.3 is 5.32 Å². The molecule has 0 radical (unpaired) electrons. The summed E-state index contributed by atoms with van der Waals surface area (Å²) in [6.45, 7) is 0. The van der Waals surface area contributed by atoms with Crippen LogP contribution in [0.1, 0.15) is 37.7 Å². The van der Waals surface area contributed by atoms with E-state index in [0.717, 1.165) is 36.2 Å². The zero-order valence-electron chi connectivity index (χ0n) is 14.9. The van der Waals surface area contributed by atoms with Gasteiger partial charge in [0.15, 0.2) is 15.0 Å². The van der Waals surface area contributed by atoms with Crippen LogP contribution in [0.2, 0.25) is 0 Å². The van der Waals surface area contributed by atoms with Crippen molar-refractivity contribution in [2.45, 2.75) is 42.4 Å². The van der Waals surface area contributed by atoms with Crippen molar-refractivity contribution in [3.8, 4) is 0 Å². The summed E-state index contributed by atoms with van der Waals surface area (Å²) < 4.78 is 36.7. The van der Waals surface area contributed by atoms with Crippen LogP contribution < -0.4 is 5.32 Å². The average Bonchev–Trinajstić information content (AvgIpc) is 2.94. The maximum absolute atomic E-state index is 13.2. The number of hydrogen-bond acceptors (Lipinski definition) is 5. The molecule has 1 N–H and O–H groups in total. The molecule has 2 fully saturated rings. The third-order valence-corrected chi connectivity index (χ3v) is 7.74. The van der Waals surface area contributed by atoms with Crippen molar-refractivity contribution in [3.63, 3.8) is 0 Å². The van der Waals surface area contributed by atoms with Crippen molar-refractivity contribution in [2.75, 3.05) is 11.6 Å². The van der Waals surface area contributed by atoms with Crippen LogP contribution in [-0.2, 0) is 20.0 Å². The molecule has 1 heterocycles. The molecule has 0 aliphatic heterocycles. The molecule has 0 bridgehead atoms. The smallest absolute Gasteiger partial charge is 0.237 e. The van der Waals surface area contributed by atoms with Gasteiger partial charge in [0.25, 0.3) is 0 Å². The molecule has 2 aliphatic rings. The highest BCUT2D eigenvalue weighted by atomic mass is 32.2. The Hall–Kier alpha value is -1.80. The number of hydrogen-bond donors (Lipinski definition) is 1. The Morgan fingerprint density at radius 1 is 1.26 bits per heavy atom. The fourth-order valence-corrected chi connectivity index (χ4v) is 5.64. The molecule has 2 aliphatic carbocycles. The van der Waals surface area contributed by atoms with Gasteiger partial charge in [-0.1, -0.05) is 37.8 Å². The van der Waals surface area contributed by atoms with Crippen LogP contribution in [0.5, 0.6) is 0 Å². The standard InChI is InChI=1S/C19H21FN2O3S2/c1-27(24,25)14-8-6-13(7-9-14)19(10-15(19)12-4-2-3-5-12)17(23)22-18-21-16(20)11-26-18/h6-9,11-12,15H,2-5,10H2,1H3,(H,21,22,23)/t15-,19-/m0/s1. The minimum absolute atomic E-state index is 0.180. The van der Waals surface area contributed by atoms with E-state index in [1.54, 1.807) is 24.3 Å². The number of benzene rings is 1. The number of anilines is 1. The number of carbonyl (C=O) groups is 1. The number of thiazole rings is 1. The Morgan fingerprint density at radius 3 is 2.48 bits per heavy atom. The van der Waals surface area contributed by atoms with Gasteiger partial charge in [-0.15, -0.1) is 11.3 Å². The molecule has 0 unspecified atom stereocenters. The summed E-state index contributed by atoms with van der Waals surface area (Å²) in [5.74, 6) is -0.0573. The van der Waals surface area contributed by atoms with Gasteiger partial charge in [0.1, 0.15) is 0 Å². The number of carbonyl (C=O) groups excluding carboxylic acids is 1. The van der Waals surface area contributed by atoms with E-state index in [-0.39, 0.29) is 21.9 Å². The second kappa shape index (κ2) is 6.67. The number of sulfone groups is 1. The van der Waals surface area contributed by atoms with Crippen LogP contribution in [0.4, 0.5) is 9.52 Å². The van der Waals surface area contributed by atoms with Gasteiger partial charge in [-0.05, 0) is 36.0 Å². The largest absolute Gasteiger partial charge is 0.301 e. The number of halogens is 1. The molecular weight excluding hydrogens is 387 g/mol. The van der Waals surface area contributed by atoms with E-state index in [9.17, 15) is 17.6 Å². The molecule has 2 atom stereocenters. The lowest BCUT2D eigenvalue weighted by atomic mass is 9.87. The Labute approximate surface area is 161 Å². The van der Waals surface area contributed by atoms with E-state index in [0.29, 0.717) is 5.92 Å². The molecule has 1 aromatic carbocycles. The Kier molecular flexibility index (Phi) is 4.58. The van der Waals surface area contributed by atoms with Crippen LogP contribution in [-0.4, -0.2) is 25.6 Å². The summed E-state index contributed by atoms with van der Waals surface area (Å²) >= 11 is 1.06. The highest BCUT2D eigenvalue weighted by molar-refractivity contribution is 7.90. The van der Waals surface area contributed by atoms with Gasteiger partial charge in [0, 0.05) is 11.6 Å². The topological polar surface area (TPSA) is 76.1 Å². The molecule has 4 rings (SSSR count). The predicted octanol–water partition coefficient (Wildman–Crippen LogP) is 3.77. The predicted molar refractivity (Wildman–Crippen MR) is 102 cm³/mol. The second-order valence-electron chi connectivity index (χ2n) is 7.55. The zero-order chi connectivity index (χ0) is 19.2. The molecule has 144 valence electrons. The molecule has 2 aromatic rings. The Morgan fingerprint density at radius 2 is 1.93 bits per heavy atom. The fourth-order valence-electron chi connectivity index (χ4n) is 4.46. The van der Waals surface area contributed by atoms with Crippen LogP contribution in [0.25, 0.3) is 0 Å². The SMILES string of the molecule is CS(=O)(=O)c1ccc([C@@]2(C(=O)Nc3nc(F)cs3)C[C@H]2C2CCCC2)cc1. The maximum atomic E-state index is 13.2. The van der Waals surface area contributed by atoms with Crippen LogP contribution in [0.3, 0.4) is 0 Å². The lowest BCUT2D eigenvalue weighted by molar-refractivity contribution is -0.119. The quantitative estimate of drug-likeness (QED) is 0.817. The summed E-state index contributed by atoms with van der Waals surface area (Å²) in [4.78, 5) is 17.1. The summed E-state index contributed by atoms with van der Waals surface area (Å²) in [5.41, 5.74) is 0.133. The monoisotopic (exact) mass is 408 g/mol. The first-order valence-corrected chi connectivity index (χ1v) is 11.8. The first-order valence-electron chi connectivity index (χ1n) is 9.04. The highest BCUT2D eigenvalue weighted by Crippen LogP contribution is 2.61. The lowest BCUT2D eigenvalue weighted by Gasteiger charge is -2.20. The molecule has 8 heteroatoms. The van der Waals surface area contributed by atoms with E-state index in [2.05, 4.69) is 10.3 Å². The number of rotatable bonds is 5. The third kappa shape index (κ3) is 3.40. The molecule has 2 saturated carbocycles. The molecule has 1 aromatic heterocycles. The van der Waals surface area contributed by atoms with Crippen molar-refractivity contribution in [2.24, 2.45) is 11.8 Å². The van der Waals surface area contributed by atoms with Crippen molar-refractivity contribution >= 4 is 32.2 Å². The number of nitrogens with zero attached hydrogens (tertiary/aromatic N) is 1. The van der Waals surface area contributed by atoms with Gasteiger partial charge in [-0.2, -0.15) is 9.37 Å². The van der Waals surface area contributed by atoms with E-state index in [1.807, 2.05) is 0 Å². The Balaban J connectivity index is 1.66. The van der Waals surface area contributed by atoms with Crippen LogP contribution in [0, 0.1) is 17.8 Å². The fraction of sp³-hybridized carbons (Fsp3) is 0.474. The van der Waals surface area contributed by atoms with Crippen molar-refractivity contribution in [1.29, 1.82) is 0 Å². The third-order valence-electron chi connectivity index (χ3n) is 5.88. The zero-order valence-corrected chi connectivity index (χ0v) is 16.6. The van der Waals surface area contributed by atoms with Crippen molar-refractivity contribution in [1.82, 2.24) is 4.98 Å². The minimum atomic E-state index is -3.29. The van der Waals surface area contributed by atoms with Crippen molar-refractivity contribution in [3.05, 3.63) is 41.2 Å². The summed E-state index contributed by atoms with van der Waals surface area (Å²) in [6, 6.07) is 6.61. The van der Waals surface area contributed by atoms with E-state index in [4.69, 9.17) is 0 Å². The summed E-state index contributed by atoms with van der Waals surface area (Å²) in [6.07, 6.45) is 6.50. The average molecular weight is 409 g/mol. The van der Waals surface area contributed by atoms with Gasteiger partial charge in [-0.25, -0.2) is 8.42 Å². The molecule has 5 nitrogen and oxygen atoms in total. The number of amides is 1. The molecule has 0 saturated heterocycles. The van der Waals surface area contributed by atoms with Gasteiger partial charge >= 0.3 is 0 Å². The first kappa shape index (κ1) is 18.6. The number of nitrogens with one attached hydrogen (secondary N) is 1. The normalized spacial score (nSPS) is 25.5. The Bertz CT molecular complexity index is 965. The molecule has 1 amide bonds. The maximum Gasteiger partial charge on any atom is 0.237 e. The summed E-state index contributed by atoms with van der Waals surface area (Å²) in [7, 11) is -3.29. The van der Waals surface area contributed by atoms with E-state index >= 15 is 0 Å². The van der Waals surface area contributed by atoms with Crippen LogP contribution >= 0.6 is 11.3 Å². The second-order valence-corrected chi connectivity index (χ2v) is 10.4. The van der Waals surface area contributed by atoms with E-state index < -0.39 is 21.2 Å². The lowest BCUT2D eigenvalue weighted by Crippen LogP contribution is -2.31. The molecule has 27 heavy (non-hydrogen) atoms. The van der Waals surface area contributed by atoms with E-state index in [1.165, 1.54) is 24.5 Å². The van der Waals surface area contributed by atoms with Gasteiger partial charge in [-0.3, -0.25) is 4.79 Å². The first-order chi connectivity index (χ1) is 12.8. The van der Waals surface area contributed by atoms with Crippen molar-refractivity contribution < 1.29 is 17.6 Å². The molecular formula is C19H21FN2O3S2. The van der Waals surface area contributed by atoms with Gasteiger partial charge in [0.05, 0.1) is 10.3 Å². The summed E-state index contributed by atoms with van der Waals surface area (Å²) in [5, 5.41) is 4.28. The van der Waals surface area contributed by atoms with Gasteiger partial charge in [0.2, 0.25) is 11.9 Å². The molecule has 0 spiro atoms. The number of aromatic nitrogens is 1. The highest BCUT2D eigenvalue weighted by Gasteiger charge is 2.63.